The first-order valence-corrected chi connectivity index (χ1v) is 7.63. The third-order valence-electron chi connectivity index (χ3n) is 4.06. The van der Waals surface area contributed by atoms with Crippen molar-refractivity contribution in [3.8, 4) is 0 Å². The smallest absolute Gasteiger partial charge is 0.306 e. The number of carbonyl (C=O) groups is 2. The number of nitrogens with zero attached hydrogens (tertiary/aromatic N) is 1. The number of anilines is 1. The van der Waals surface area contributed by atoms with E-state index in [0.29, 0.717) is 13.0 Å². The predicted molar refractivity (Wildman–Crippen MR) is 82.5 cm³/mol. The Balaban J connectivity index is 2.17. The van der Waals surface area contributed by atoms with E-state index in [0.717, 1.165) is 30.6 Å². The van der Waals surface area contributed by atoms with E-state index in [1.165, 1.54) is 5.56 Å². The topological polar surface area (TPSA) is 46.6 Å². The molecule has 21 heavy (non-hydrogen) atoms. The molecule has 4 nitrogen and oxygen atoms in total. The molecule has 1 amide bonds. The number of benzene rings is 1. The molecule has 0 saturated carbocycles. The molecule has 1 heterocycles. The van der Waals surface area contributed by atoms with Gasteiger partial charge in [0.15, 0.2) is 0 Å². The van der Waals surface area contributed by atoms with Gasteiger partial charge in [-0.25, -0.2) is 0 Å². The highest BCUT2D eigenvalue weighted by Gasteiger charge is 2.24. The zero-order valence-corrected chi connectivity index (χ0v) is 13.0. The lowest BCUT2D eigenvalue weighted by molar-refractivity contribution is -0.143. The average Bonchev–Trinajstić information content (AvgIpc) is 2.88. The number of fused-ring (bicyclic) bond motifs is 1. The minimum absolute atomic E-state index is 0.0834. The van der Waals surface area contributed by atoms with Gasteiger partial charge in [0.1, 0.15) is 0 Å². The molecule has 114 valence electrons. The first-order chi connectivity index (χ1) is 10.1. The van der Waals surface area contributed by atoms with Gasteiger partial charge in [-0.2, -0.15) is 0 Å². The summed E-state index contributed by atoms with van der Waals surface area (Å²) in [6.45, 7) is 6.68. The molecule has 0 aromatic heterocycles. The van der Waals surface area contributed by atoms with Gasteiger partial charge in [-0.1, -0.05) is 19.1 Å². The maximum absolute atomic E-state index is 11.7. The van der Waals surface area contributed by atoms with Crippen molar-refractivity contribution >= 4 is 17.6 Å². The summed E-state index contributed by atoms with van der Waals surface area (Å²) in [7, 11) is 0. The summed E-state index contributed by atoms with van der Waals surface area (Å²) in [6, 6.07) is 6.19. The van der Waals surface area contributed by atoms with Crippen LogP contribution in [0.3, 0.4) is 0 Å². The third-order valence-corrected chi connectivity index (χ3v) is 4.06. The van der Waals surface area contributed by atoms with Crippen LogP contribution in [0.1, 0.15) is 50.7 Å². The second-order valence-corrected chi connectivity index (χ2v) is 5.42. The molecule has 1 aromatic carbocycles. The predicted octanol–water partition coefficient (Wildman–Crippen LogP) is 3.04. The molecule has 0 fully saturated rings. The third kappa shape index (κ3) is 3.43. The lowest BCUT2D eigenvalue weighted by Gasteiger charge is -2.18. The molecule has 0 radical (unpaired) electrons. The molecule has 4 heteroatoms. The Hall–Kier alpha value is -1.84. The van der Waals surface area contributed by atoms with Crippen LogP contribution in [-0.2, 0) is 20.7 Å². The van der Waals surface area contributed by atoms with Gasteiger partial charge in [-0.3, -0.25) is 9.59 Å². The summed E-state index contributed by atoms with van der Waals surface area (Å²) in [5, 5.41) is 0. The van der Waals surface area contributed by atoms with Gasteiger partial charge in [0.25, 0.3) is 0 Å². The number of amides is 1. The molecule has 0 N–H and O–H groups in total. The molecule has 1 aliphatic heterocycles. The van der Waals surface area contributed by atoms with E-state index in [1.807, 2.05) is 24.0 Å². The first kappa shape index (κ1) is 15.5. The lowest BCUT2D eigenvalue weighted by atomic mass is 9.91. The van der Waals surface area contributed by atoms with Gasteiger partial charge >= 0.3 is 5.97 Å². The molecule has 1 atom stereocenters. The molecule has 0 bridgehead atoms. The Morgan fingerprint density at radius 3 is 2.71 bits per heavy atom. The standard InChI is InChI=1S/C17H23NO3/c1-4-13(11-17(20)21-5-2)14-6-7-16-15(10-14)8-9-18(16)12(3)19/h6-7,10,13H,4-5,8-9,11H2,1-3H3. The van der Waals surface area contributed by atoms with Crippen molar-refractivity contribution in [2.24, 2.45) is 0 Å². The lowest BCUT2D eigenvalue weighted by Crippen LogP contribution is -2.25. The number of rotatable bonds is 5. The number of carbonyl (C=O) groups excluding carboxylic acids is 2. The van der Waals surface area contributed by atoms with Crippen molar-refractivity contribution < 1.29 is 14.3 Å². The summed E-state index contributed by atoms with van der Waals surface area (Å²) in [5.41, 5.74) is 3.37. The van der Waals surface area contributed by atoms with Crippen molar-refractivity contribution in [1.82, 2.24) is 0 Å². The van der Waals surface area contributed by atoms with Crippen LogP contribution in [-0.4, -0.2) is 25.0 Å². The van der Waals surface area contributed by atoms with Gasteiger partial charge in [0.2, 0.25) is 5.91 Å². The van der Waals surface area contributed by atoms with Crippen molar-refractivity contribution in [2.75, 3.05) is 18.1 Å². The summed E-state index contributed by atoms with van der Waals surface area (Å²) >= 11 is 0. The second kappa shape index (κ2) is 6.74. The second-order valence-electron chi connectivity index (χ2n) is 5.42. The summed E-state index contributed by atoms with van der Waals surface area (Å²) in [5.74, 6) is 0.121. The van der Waals surface area contributed by atoms with E-state index in [2.05, 4.69) is 13.0 Å². The van der Waals surface area contributed by atoms with Crippen LogP contribution < -0.4 is 4.90 Å². The van der Waals surface area contributed by atoms with E-state index in [9.17, 15) is 9.59 Å². The molecule has 2 rings (SSSR count). The van der Waals surface area contributed by atoms with E-state index in [-0.39, 0.29) is 17.8 Å². The Morgan fingerprint density at radius 1 is 1.33 bits per heavy atom. The van der Waals surface area contributed by atoms with Crippen LogP contribution >= 0.6 is 0 Å². The van der Waals surface area contributed by atoms with Crippen LogP contribution in [0.4, 0.5) is 5.69 Å². The summed E-state index contributed by atoms with van der Waals surface area (Å²) in [4.78, 5) is 25.1. The number of esters is 1. The van der Waals surface area contributed by atoms with E-state index in [1.54, 1.807) is 6.92 Å². The van der Waals surface area contributed by atoms with Gasteiger partial charge < -0.3 is 9.64 Å². The quantitative estimate of drug-likeness (QED) is 0.783. The average molecular weight is 289 g/mol. The molecule has 1 aromatic rings. The highest BCUT2D eigenvalue weighted by atomic mass is 16.5. The molecule has 0 saturated heterocycles. The zero-order chi connectivity index (χ0) is 15.4. The normalized spacial score (nSPS) is 14.7. The maximum atomic E-state index is 11.7. The van der Waals surface area contributed by atoms with Crippen molar-refractivity contribution in [2.45, 2.75) is 46.0 Å². The largest absolute Gasteiger partial charge is 0.466 e. The fourth-order valence-corrected chi connectivity index (χ4v) is 2.92. The van der Waals surface area contributed by atoms with Crippen LogP contribution in [0.5, 0.6) is 0 Å². The summed E-state index contributed by atoms with van der Waals surface area (Å²) in [6.07, 6.45) is 2.20. The highest BCUT2D eigenvalue weighted by molar-refractivity contribution is 5.93. The molecule has 1 aliphatic rings. The van der Waals surface area contributed by atoms with Gasteiger partial charge in [-0.15, -0.1) is 0 Å². The zero-order valence-electron chi connectivity index (χ0n) is 13.0. The van der Waals surface area contributed by atoms with Gasteiger partial charge in [-0.05, 0) is 42.9 Å². The minimum atomic E-state index is -0.143. The molecular weight excluding hydrogens is 266 g/mol. The number of ether oxygens (including phenoxy) is 1. The number of hydrogen-bond acceptors (Lipinski definition) is 3. The molecule has 0 aliphatic carbocycles. The maximum Gasteiger partial charge on any atom is 0.306 e. The van der Waals surface area contributed by atoms with Crippen LogP contribution in [0.25, 0.3) is 0 Å². The fraction of sp³-hybridized carbons (Fsp3) is 0.529. The molecule has 1 unspecified atom stereocenters. The van der Waals surface area contributed by atoms with Gasteiger partial charge in [0, 0.05) is 19.2 Å². The van der Waals surface area contributed by atoms with Crippen LogP contribution in [0.2, 0.25) is 0 Å². The Bertz CT molecular complexity index is 539. The van der Waals surface area contributed by atoms with Gasteiger partial charge in [0.05, 0.1) is 13.0 Å². The van der Waals surface area contributed by atoms with Crippen molar-refractivity contribution in [3.63, 3.8) is 0 Å². The molecular formula is C17H23NO3. The summed E-state index contributed by atoms with van der Waals surface area (Å²) < 4.78 is 5.05. The molecule has 0 spiro atoms. The highest BCUT2D eigenvalue weighted by Crippen LogP contribution is 2.33. The Morgan fingerprint density at radius 2 is 2.10 bits per heavy atom. The van der Waals surface area contributed by atoms with Crippen LogP contribution in [0, 0.1) is 0 Å². The monoisotopic (exact) mass is 289 g/mol. The number of hydrogen-bond donors (Lipinski definition) is 0. The minimum Gasteiger partial charge on any atom is -0.466 e. The van der Waals surface area contributed by atoms with Crippen LogP contribution in [0.15, 0.2) is 18.2 Å². The Kier molecular flexibility index (Phi) is 4.99. The van der Waals surface area contributed by atoms with Crippen molar-refractivity contribution in [1.29, 1.82) is 0 Å². The van der Waals surface area contributed by atoms with E-state index >= 15 is 0 Å². The van der Waals surface area contributed by atoms with E-state index < -0.39 is 0 Å². The Labute approximate surface area is 126 Å². The SMILES string of the molecule is CCOC(=O)CC(CC)c1ccc2c(c1)CCN2C(C)=O. The van der Waals surface area contributed by atoms with Crippen molar-refractivity contribution in [3.05, 3.63) is 29.3 Å². The first-order valence-electron chi connectivity index (χ1n) is 7.63. The van der Waals surface area contributed by atoms with E-state index in [4.69, 9.17) is 4.74 Å². The fourth-order valence-electron chi connectivity index (χ4n) is 2.92.